The number of imide groups is 1. The van der Waals surface area contributed by atoms with Gasteiger partial charge in [0.2, 0.25) is 17.7 Å². The highest BCUT2D eigenvalue weighted by atomic mass is 16.2. The summed E-state index contributed by atoms with van der Waals surface area (Å²) in [4.78, 5) is 51.4. The number of unbranched alkanes of at least 4 members (excludes halogenated alkanes) is 4. The molecule has 2 bridgehead atoms. The highest BCUT2D eigenvalue weighted by Gasteiger charge is 2.43. The Morgan fingerprint density at radius 3 is 2.48 bits per heavy atom. The van der Waals surface area contributed by atoms with Crippen LogP contribution in [0.4, 0.5) is 0 Å². The SMILES string of the molecule is CCC1(NC(=O)CCCCCCCc2cccc3c2CN(C2CCC(=O)NC2=O)C3=O)CC2CC(C)CC(C2)C1. The molecule has 3 atom stereocenters. The Hall–Kier alpha value is -2.70. The van der Waals surface area contributed by atoms with Crippen molar-refractivity contribution in [3.63, 3.8) is 0 Å². The van der Waals surface area contributed by atoms with E-state index in [-0.39, 0.29) is 35.6 Å². The van der Waals surface area contributed by atoms with E-state index >= 15 is 0 Å². The summed E-state index contributed by atoms with van der Waals surface area (Å²) in [6.07, 6.45) is 14.8. The van der Waals surface area contributed by atoms with Gasteiger partial charge in [-0.2, -0.15) is 0 Å². The first kappa shape index (κ1) is 28.8. The predicted octanol–water partition coefficient (Wildman–Crippen LogP) is 5.44. The van der Waals surface area contributed by atoms with E-state index in [9.17, 15) is 19.2 Å². The number of carbonyl (C=O) groups is 4. The Labute approximate surface area is 239 Å². The van der Waals surface area contributed by atoms with Crippen molar-refractivity contribution in [2.24, 2.45) is 17.8 Å². The maximum atomic E-state index is 13.0. The number of hydrogen-bond donors (Lipinski definition) is 2. The van der Waals surface area contributed by atoms with Crippen molar-refractivity contribution in [1.82, 2.24) is 15.5 Å². The summed E-state index contributed by atoms with van der Waals surface area (Å²) in [5.74, 6) is 1.90. The number of rotatable bonds is 11. The molecule has 40 heavy (non-hydrogen) atoms. The van der Waals surface area contributed by atoms with E-state index in [4.69, 9.17) is 0 Å². The fourth-order valence-corrected chi connectivity index (χ4v) is 8.27. The van der Waals surface area contributed by atoms with E-state index in [0.29, 0.717) is 24.9 Å². The minimum atomic E-state index is -0.573. The molecule has 2 saturated carbocycles. The van der Waals surface area contributed by atoms with Crippen LogP contribution >= 0.6 is 0 Å². The van der Waals surface area contributed by atoms with Crippen molar-refractivity contribution in [1.29, 1.82) is 0 Å². The molecule has 2 aliphatic heterocycles. The van der Waals surface area contributed by atoms with Crippen molar-refractivity contribution in [2.75, 3.05) is 0 Å². The molecular formula is C33H47N3O4. The van der Waals surface area contributed by atoms with Gasteiger partial charge in [0.1, 0.15) is 6.04 Å². The summed E-state index contributed by atoms with van der Waals surface area (Å²) >= 11 is 0. The van der Waals surface area contributed by atoms with Gasteiger partial charge in [0.05, 0.1) is 0 Å². The van der Waals surface area contributed by atoms with Gasteiger partial charge in [-0.15, -0.1) is 0 Å². The monoisotopic (exact) mass is 549 g/mol. The van der Waals surface area contributed by atoms with Crippen LogP contribution in [0.15, 0.2) is 18.2 Å². The zero-order chi connectivity index (χ0) is 28.3. The maximum Gasteiger partial charge on any atom is 0.255 e. The Morgan fingerprint density at radius 1 is 1.02 bits per heavy atom. The van der Waals surface area contributed by atoms with Crippen molar-refractivity contribution in [3.05, 3.63) is 34.9 Å². The normalized spacial score (nSPS) is 29.8. The number of benzene rings is 1. The lowest BCUT2D eigenvalue weighted by atomic mass is 9.61. The maximum absolute atomic E-state index is 13.0. The second-order valence-corrected chi connectivity index (χ2v) is 13.2. The van der Waals surface area contributed by atoms with Gasteiger partial charge >= 0.3 is 0 Å². The minimum Gasteiger partial charge on any atom is -0.351 e. The third kappa shape index (κ3) is 6.44. The fourth-order valence-electron chi connectivity index (χ4n) is 8.27. The van der Waals surface area contributed by atoms with Crippen LogP contribution in [-0.4, -0.2) is 40.1 Å². The van der Waals surface area contributed by atoms with E-state index in [1.807, 2.05) is 12.1 Å². The zero-order valence-electron chi connectivity index (χ0n) is 24.4. The summed E-state index contributed by atoms with van der Waals surface area (Å²) in [6.45, 7) is 5.07. The van der Waals surface area contributed by atoms with Gasteiger partial charge in [-0.3, -0.25) is 24.5 Å². The number of aryl methyl sites for hydroxylation is 1. The molecule has 5 rings (SSSR count). The average molecular weight is 550 g/mol. The molecule has 0 radical (unpaired) electrons. The molecular weight excluding hydrogens is 502 g/mol. The van der Waals surface area contributed by atoms with Crippen molar-refractivity contribution in [2.45, 2.75) is 128 Å². The van der Waals surface area contributed by atoms with Gasteiger partial charge in [-0.25, -0.2) is 0 Å². The van der Waals surface area contributed by atoms with E-state index in [2.05, 4.69) is 30.5 Å². The van der Waals surface area contributed by atoms with Crippen molar-refractivity contribution in [3.8, 4) is 0 Å². The first-order chi connectivity index (χ1) is 19.3. The molecule has 7 heteroatoms. The molecule has 1 aromatic rings. The molecule has 4 amide bonds. The number of piperidine rings is 1. The number of amides is 4. The van der Waals surface area contributed by atoms with E-state index < -0.39 is 6.04 Å². The molecule has 3 fully saturated rings. The quantitative estimate of drug-likeness (QED) is 0.284. The Balaban J connectivity index is 1.02. The van der Waals surface area contributed by atoms with Crippen LogP contribution in [0, 0.1) is 17.8 Å². The largest absolute Gasteiger partial charge is 0.351 e. The molecule has 0 spiro atoms. The van der Waals surface area contributed by atoms with Gasteiger partial charge in [0.25, 0.3) is 5.91 Å². The summed E-state index contributed by atoms with van der Waals surface area (Å²) in [6, 6.07) is 5.30. The summed E-state index contributed by atoms with van der Waals surface area (Å²) in [5, 5.41) is 5.87. The molecule has 7 nitrogen and oxygen atoms in total. The molecule has 218 valence electrons. The smallest absolute Gasteiger partial charge is 0.255 e. The first-order valence-electron chi connectivity index (χ1n) is 15.8. The molecule has 2 heterocycles. The minimum absolute atomic E-state index is 0.0237. The summed E-state index contributed by atoms with van der Waals surface area (Å²) in [5.41, 5.74) is 2.92. The topological polar surface area (TPSA) is 95.6 Å². The van der Waals surface area contributed by atoms with Crippen LogP contribution in [0.25, 0.3) is 0 Å². The standard InChI is InChI=1S/C33H47N3O4/c1-3-33(19-23-16-22(2)17-24(18-23)20-33)35-30(38)13-8-6-4-5-7-10-25-11-9-12-26-27(25)21-36(32(26)40)28-14-15-29(37)34-31(28)39/h9,11-12,22-24,28H,3-8,10,13-21H2,1-2H3,(H,35,38)(H,34,37,39). The number of nitrogens with zero attached hydrogens (tertiary/aromatic N) is 1. The van der Waals surface area contributed by atoms with E-state index in [1.54, 1.807) is 4.90 Å². The highest BCUT2D eigenvalue weighted by molar-refractivity contribution is 6.05. The zero-order valence-corrected chi connectivity index (χ0v) is 24.4. The number of fused-ring (bicyclic) bond motifs is 3. The van der Waals surface area contributed by atoms with Crippen LogP contribution < -0.4 is 10.6 Å². The van der Waals surface area contributed by atoms with E-state index in [0.717, 1.165) is 81.1 Å². The van der Waals surface area contributed by atoms with Crippen LogP contribution in [-0.2, 0) is 27.3 Å². The summed E-state index contributed by atoms with van der Waals surface area (Å²) in [7, 11) is 0. The molecule has 4 aliphatic rings. The average Bonchev–Trinajstić information content (AvgIpc) is 3.24. The molecule has 1 aromatic carbocycles. The van der Waals surface area contributed by atoms with Crippen LogP contribution in [0.1, 0.15) is 125 Å². The Bertz CT molecular complexity index is 1110. The van der Waals surface area contributed by atoms with Gasteiger partial charge in [0.15, 0.2) is 0 Å². The first-order valence-corrected chi connectivity index (χ1v) is 15.8. The van der Waals surface area contributed by atoms with Gasteiger partial charge < -0.3 is 10.2 Å². The molecule has 3 unspecified atom stereocenters. The van der Waals surface area contributed by atoms with E-state index in [1.165, 1.54) is 24.8 Å². The fraction of sp³-hybridized carbons (Fsp3) is 0.697. The lowest BCUT2D eigenvalue weighted by molar-refractivity contribution is -0.137. The van der Waals surface area contributed by atoms with Gasteiger partial charge in [-0.05, 0) is 99.2 Å². The van der Waals surface area contributed by atoms with Crippen molar-refractivity contribution >= 4 is 23.6 Å². The number of hydrogen-bond acceptors (Lipinski definition) is 4. The second-order valence-electron chi connectivity index (χ2n) is 13.2. The molecule has 1 saturated heterocycles. The third-order valence-corrected chi connectivity index (χ3v) is 10.1. The van der Waals surface area contributed by atoms with Gasteiger partial charge in [-0.1, -0.05) is 45.2 Å². The lowest BCUT2D eigenvalue weighted by Gasteiger charge is -2.49. The Morgan fingerprint density at radius 2 is 1.75 bits per heavy atom. The van der Waals surface area contributed by atoms with Crippen molar-refractivity contribution < 1.29 is 19.2 Å². The number of nitrogens with one attached hydrogen (secondary N) is 2. The number of carbonyl (C=O) groups excluding carboxylic acids is 4. The molecule has 2 aliphatic carbocycles. The van der Waals surface area contributed by atoms with Gasteiger partial charge in [0, 0.05) is 30.5 Å². The molecule has 0 aromatic heterocycles. The summed E-state index contributed by atoms with van der Waals surface area (Å²) < 4.78 is 0. The van der Waals surface area contributed by atoms with Crippen LogP contribution in [0.2, 0.25) is 0 Å². The molecule has 2 N–H and O–H groups in total. The third-order valence-electron chi connectivity index (χ3n) is 10.1. The Kier molecular flexibility index (Phi) is 8.96. The second kappa shape index (κ2) is 12.4. The highest BCUT2D eigenvalue weighted by Crippen LogP contribution is 2.47. The lowest BCUT2D eigenvalue weighted by Crippen LogP contribution is -2.54. The van der Waals surface area contributed by atoms with Crippen LogP contribution in [0.3, 0.4) is 0 Å². The predicted molar refractivity (Wildman–Crippen MR) is 154 cm³/mol. The van der Waals surface area contributed by atoms with Crippen LogP contribution in [0.5, 0.6) is 0 Å².